The van der Waals surface area contributed by atoms with Gasteiger partial charge in [0.15, 0.2) is 0 Å². The molecule has 6 heteroatoms. The molecule has 0 spiro atoms. The van der Waals surface area contributed by atoms with Crippen LogP contribution < -0.4 is 0 Å². The second-order valence-corrected chi connectivity index (χ2v) is 6.12. The highest BCUT2D eigenvalue weighted by molar-refractivity contribution is 7.89. The van der Waals surface area contributed by atoms with Crippen molar-refractivity contribution in [2.75, 3.05) is 12.4 Å². The fraction of sp³-hybridized carbons (Fsp3) is 0.455. The minimum Gasteiger partial charge on any atom is -0.207 e. The summed E-state index contributed by atoms with van der Waals surface area (Å²) in [5.41, 5.74) is 0. The van der Waals surface area contributed by atoms with Crippen LogP contribution in [-0.4, -0.2) is 31.2 Å². The van der Waals surface area contributed by atoms with Gasteiger partial charge in [-0.05, 0) is 32.0 Å². The second-order valence-electron chi connectivity index (χ2n) is 3.86. The molecule has 1 aromatic carbocycles. The molecule has 0 heterocycles. The number of sulfonamides is 1. The Kier molecular flexibility index (Phi) is 4.91. The van der Waals surface area contributed by atoms with E-state index in [9.17, 15) is 12.8 Å². The quantitative estimate of drug-likeness (QED) is 0.777. The van der Waals surface area contributed by atoms with E-state index in [1.165, 1.54) is 22.5 Å². The molecular weight excluding hydrogens is 265 g/mol. The lowest BCUT2D eigenvalue weighted by molar-refractivity contribution is 0.370. The van der Waals surface area contributed by atoms with Crippen molar-refractivity contribution in [2.45, 2.75) is 24.8 Å². The number of hydrogen-bond donors (Lipinski definition) is 0. The average molecular weight is 280 g/mol. The van der Waals surface area contributed by atoms with E-state index in [-0.39, 0.29) is 23.4 Å². The first-order valence-electron chi connectivity index (χ1n) is 5.23. The third kappa shape index (κ3) is 3.40. The first-order chi connectivity index (χ1) is 7.89. The molecule has 0 N–H and O–H groups in total. The first kappa shape index (κ1) is 14.4. The highest BCUT2D eigenvalue weighted by Crippen LogP contribution is 2.18. The molecule has 0 atom stereocenters. The zero-order chi connectivity index (χ0) is 13.1. The molecule has 0 radical (unpaired) electrons. The second kappa shape index (κ2) is 5.80. The number of halogens is 2. The Morgan fingerprint density at radius 3 is 2.53 bits per heavy atom. The molecule has 3 nitrogen and oxygen atoms in total. The molecule has 0 aliphatic rings. The molecule has 0 aliphatic carbocycles. The number of benzene rings is 1. The summed E-state index contributed by atoms with van der Waals surface area (Å²) < 4.78 is 38.7. The van der Waals surface area contributed by atoms with Crippen molar-refractivity contribution in [2.24, 2.45) is 0 Å². The monoisotopic (exact) mass is 279 g/mol. The van der Waals surface area contributed by atoms with Crippen LogP contribution in [0.2, 0.25) is 0 Å². The van der Waals surface area contributed by atoms with E-state index in [1.54, 1.807) is 13.8 Å². The van der Waals surface area contributed by atoms with E-state index in [0.717, 1.165) is 6.07 Å². The fourth-order valence-electron chi connectivity index (χ4n) is 1.50. The summed E-state index contributed by atoms with van der Waals surface area (Å²) in [5, 5.41) is 0. The van der Waals surface area contributed by atoms with E-state index >= 15 is 0 Å². The number of hydrogen-bond acceptors (Lipinski definition) is 2. The molecule has 0 unspecified atom stereocenters. The molecule has 0 bridgehead atoms. The van der Waals surface area contributed by atoms with Crippen molar-refractivity contribution in [3.8, 4) is 0 Å². The Labute approximate surface area is 106 Å². The van der Waals surface area contributed by atoms with Gasteiger partial charge in [0.1, 0.15) is 5.82 Å². The summed E-state index contributed by atoms with van der Waals surface area (Å²) >= 11 is 5.58. The van der Waals surface area contributed by atoms with Crippen LogP contribution in [-0.2, 0) is 10.0 Å². The highest BCUT2D eigenvalue weighted by atomic mass is 35.5. The molecule has 0 amide bonds. The van der Waals surface area contributed by atoms with Crippen molar-refractivity contribution < 1.29 is 12.8 Å². The fourth-order valence-corrected chi connectivity index (χ4v) is 3.45. The molecule has 96 valence electrons. The third-order valence-electron chi connectivity index (χ3n) is 2.28. The Hall–Kier alpha value is -0.650. The lowest BCUT2D eigenvalue weighted by Crippen LogP contribution is -2.38. The van der Waals surface area contributed by atoms with Gasteiger partial charge in [-0.3, -0.25) is 0 Å². The zero-order valence-electron chi connectivity index (χ0n) is 9.73. The Morgan fingerprint density at radius 1 is 1.41 bits per heavy atom. The third-order valence-corrected chi connectivity index (χ3v) is 4.52. The van der Waals surface area contributed by atoms with Gasteiger partial charge in [-0.1, -0.05) is 6.07 Å². The molecular formula is C11H15ClFNO2S. The van der Waals surface area contributed by atoms with Gasteiger partial charge in [0.2, 0.25) is 10.0 Å². The number of alkyl halides is 1. The molecule has 1 rings (SSSR count). The maximum atomic E-state index is 13.0. The SMILES string of the molecule is CC(C)N(CCCl)S(=O)(=O)c1cccc(F)c1. The van der Waals surface area contributed by atoms with Crippen molar-refractivity contribution >= 4 is 21.6 Å². The van der Waals surface area contributed by atoms with Gasteiger partial charge in [-0.2, -0.15) is 4.31 Å². The maximum Gasteiger partial charge on any atom is 0.243 e. The van der Waals surface area contributed by atoms with Crippen LogP contribution >= 0.6 is 11.6 Å². The van der Waals surface area contributed by atoms with Crippen LogP contribution in [0, 0.1) is 5.82 Å². The predicted molar refractivity (Wildman–Crippen MR) is 66.1 cm³/mol. The Balaban J connectivity index is 3.16. The van der Waals surface area contributed by atoms with Gasteiger partial charge < -0.3 is 0 Å². The molecule has 0 fully saturated rings. The van der Waals surface area contributed by atoms with E-state index in [0.29, 0.717) is 0 Å². The number of nitrogens with zero attached hydrogens (tertiary/aromatic N) is 1. The lowest BCUT2D eigenvalue weighted by Gasteiger charge is -2.25. The molecule has 0 aromatic heterocycles. The van der Waals surface area contributed by atoms with Gasteiger partial charge in [0.05, 0.1) is 4.90 Å². The lowest BCUT2D eigenvalue weighted by atomic mass is 10.4. The van der Waals surface area contributed by atoms with Crippen LogP contribution in [0.15, 0.2) is 29.2 Å². The van der Waals surface area contributed by atoms with Gasteiger partial charge in [-0.25, -0.2) is 12.8 Å². The van der Waals surface area contributed by atoms with Crippen LogP contribution in [0.3, 0.4) is 0 Å². The summed E-state index contributed by atoms with van der Waals surface area (Å²) in [7, 11) is -3.68. The highest BCUT2D eigenvalue weighted by Gasteiger charge is 2.26. The van der Waals surface area contributed by atoms with E-state index in [1.807, 2.05) is 0 Å². The van der Waals surface area contributed by atoms with Crippen molar-refractivity contribution in [1.29, 1.82) is 0 Å². The van der Waals surface area contributed by atoms with Gasteiger partial charge in [0, 0.05) is 18.5 Å². The topological polar surface area (TPSA) is 37.4 Å². The minimum absolute atomic E-state index is 0.0451. The van der Waals surface area contributed by atoms with Crippen LogP contribution in [0.1, 0.15) is 13.8 Å². The maximum absolute atomic E-state index is 13.0. The summed E-state index contributed by atoms with van der Waals surface area (Å²) in [4.78, 5) is -0.0451. The van der Waals surface area contributed by atoms with Crippen molar-refractivity contribution in [3.63, 3.8) is 0 Å². The van der Waals surface area contributed by atoms with Crippen LogP contribution in [0.4, 0.5) is 4.39 Å². The van der Waals surface area contributed by atoms with E-state index in [2.05, 4.69) is 0 Å². The normalized spacial score (nSPS) is 12.4. The molecule has 0 saturated heterocycles. The van der Waals surface area contributed by atoms with E-state index in [4.69, 9.17) is 11.6 Å². The molecule has 1 aromatic rings. The summed E-state index contributed by atoms with van der Waals surface area (Å²) in [6, 6.07) is 4.75. The Morgan fingerprint density at radius 2 is 2.06 bits per heavy atom. The summed E-state index contributed by atoms with van der Waals surface area (Å²) in [6.45, 7) is 3.71. The first-order valence-corrected chi connectivity index (χ1v) is 7.20. The van der Waals surface area contributed by atoms with Gasteiger partial charge in [0.25, 0.3) is 0 Å². The van der Waals surface area contributed by atoms with Gasteiger partial charge in [-0.15, -0.1) is 11.6 Å². The largest absolute Gasteiger partial charge is 0.243 e. The summed E-state index contributed by atoms with van der Waals surface area (Å²) in [6.07, 6.45) is 0. The standard InChI is InChI=1S/C11H15ClFNO2S/c1-9(2)14(7-6-12)17(15,16)11-5-3-4-10(13)8-11/h3-5,8-9H,6-7H2,1-2H3. The summed E-state index contributed by atoms with van der Waals surface area (Å²) in [5.74, 6) is -0.368. The predicted octanol–water partition coefficient (Wildman–Crippen LogP) is 2.46. The van der Waals surface area contributed by atoms with Crippen molar-refractivity contribution in [1.82, 2.24) is 4.31 Å². The van der Waals surface area contributed by atoms with Crippen LogP contribution in [0.25, 0.3) is 0 Å². The Bertz CT molecular complexity index is 476. The minimum atomic E-state index is -3.68. The average Bonchev–Trinajstić information content (AvgIpc) is 2.25. The van der Waals surface area contributed by atoms with Gasteiger partial charge >= 0.3 is 0 Å². The van der Waals surface area contributed by atoms with Crippen LogP contribution in [0.5, 0.6) is 0 Å². The molecule has 0 saturated carbocycles. The number of rotatable bonds is 5. The molecule has 17 heavy (non-hydrogen) atoms. The zero-order valence-corrected chi connectivity index (χ0v) is 11.3. The van der Waals surface area contributed by atoms with Crippen molar-refractivity contribution in [3.05, 3.63) is 30.1 Å². The van der Waals surface area contributed by atoms with E-state index < -0.39 is 15.8 Å². The molecule has 0 aliphatic heterocycles. The smallest absolute Gasteiger partial charge is 0.207 e.